The number of hydrogen-bond acceptors (Lipinski definition) is 3. The van der Waals surface area contributed by atoms with Gasteiger partial charge in [-0.3, -0.25) is 0 Å². The minimum atomic E-state index is -1.58. The van der Waals surface area contributed by atoms with Gasteiger partial charge in [0.1, 0.15) is 0 Å². The van der Waals surface area contributed by atoms with Crippen LogP contribution in [0.5, 0.6) is 0 Å². The van der Waals surface area contributed by atoms with Gasteiger partial charge in [-0.2, -0.15) is 0 Å². The van der Waals surface area contributed by atoms with E-state index in [2.05, 4.69) is 10.5 Å². The van der Waals surface area contributed by atoms with Crippen molar-refractivity contribution in [2.45, 2.75) is 32.9 Å². The zero-order valence-corrected chi connectivity index (χ0v) is 15.8. The number of halogens is 3. The van der Waals surface area contributed by atoms with Crippen molar-refractivity contribution < 1.29 is 22.5 Å². The third-order valence-electron chi connectivity index (χ3n) is 5.03. The first-order valence-corrected chi connectivity index (χ1v) is 9.10. The van der Waals surface area contributed by atoms with Crippen LogP contribution < -0.4 is 5.32 Å². The molecule has 3 aromatic rings. The van der Waals surface area contributed by atoms with Gasteiger partial charge in [0.15, 0.2) is 23.2 Å². The number of carbonyl (C=O) groups is 1. The molecule has 2 heterocycles. The maximum Gasteiger partial charge on any atom is 0.322 e. The van der Waals surface area contributed by atoms with Crippen molar-refractivity contribution in [2.75, 3.05) is 5.32 Å². The van der Waals surface area contributed by atoms with Crippen LogP contribution in [0.2, 0.25) is 0 Å². The second kappa shape index (κ2) is 7.27. The van der Waals surface area contributed by atoms with Crippen LogP contribution in [0.4, 0.5) is 23.7 Å². The van der Waals surface area contributed by atoms with Crippen LogP contribution >= 0.6 is 0 Å². The summed E-state index contributed by atoms with van der Waals surface area (Å²) in [6.07, 6.45) is 0.476. The van der Waals surface area contributed by atoms with E-state index in [1.807, 2.05) is 38.1 Å². The summed E-state index contributed by atoms with van der Waals surface area (Å²) in [6, 6.07) is 8.47. The van der Waals surface area contributed by atoms with Gasteiger partial charge in [0.05, 0.1) is 12.2 Å². The largest absolute Gasteiger partial charge is 0.356 e. The Hall–Kier alpha value is -3.29. The third kappa shape index (κ3) is 3.57. The Morgan fingerprint density at radius 3 is 2.48 bits per heavy atom. The van der Waals surface area contributed by atoms with Gasteiger partial charge in [-0.25, -0.2) is 18.0 Å². The normalized spacial score (nSPS) is 15.9. The van der Waals surface area contributed by atoms with Crippen LogP contribution in [-0.2, 0) is 13.0 Å². The molecule has 1 aliphatic heterocycles. The highest BCUT2D eigenvalue weighted by Gasteiger charge is 2.32. The van der Waals surface area contributed by atoms with Gasteiger partial charge in [0.2, 0.25) is 0 Å². The molecular weight excluding hydrogens is 383 g/mol. The SMILES string of the molecule is Cc1ccc(-c2onc3c2CN(C(=O)Nc2cc(F)c(F)c(F)c2)C(C)C3)cc1. The quantitative estimate of drug-likeness (QED) is 0.612. The van der Waals surface area contributed by atoms with E-state index in [1.54, 1.807) is 0 Å². The number of carbonyl (C=O) groups excluding carboxylic acids is 1. The topological polar surface area (TPSA) is 58.4 Å². The van der Waals surface area contributed by atoms with Crippen LogP contribution in [0.25, 0.3) is 11.3 Å². The molecule has 2 aromatic carbocycles. The zero-order chi connectivity index (χ0) is 20.7. The lowest BCUT2D eigenvalue weighted by Gasteiger charge is -2.32. The van der Waals surface area contributed by atoms with E-state index in [4.69, 9.17) is 4.52 Å². The summed E-state index contributed by atoms with van der Waals surface area (Å²) in [6.45, 7) is 4.05. The minimum Gasteiger partial charge on any atom is -0.356 e. The Morgan fingerprint density at radius 2 is 1.83 bits per heavy atom. The highest BCUT2D eigenvalue weighted by Crippen LogP contribution is 2.33. The Morgan fingerprint density at radius 1 is 1.17 bits per heavy atom. The highest BCUT2D eigenvalue weighted by atomic mass is 19.2. The second-order valence-electron chi connectivity index (χ2n) is 7.17. The van der Waals surface area contributed by atoms with E-state index in [9.17, 15) is 18.0 Å². The summed E-state index contributed by atoms with van der Waals surface area (Å²) in [5, 5.41) is 6.57. The van der Waals surface area contributed by atoms with Gasteiger partial charge >= 0.3 is 6.03 Å². The van der Waals surface area contributed by atoms with E-state index in [1.165, 1.54) is 4.90 Å². The number of benzene rings is 2. The molecule has 0 saturated heterocycles. The number of hydrogen-bond donors (Lipinski definition) is 1. The first-order valence-electron chi connectivity index (χ1n) is 9.10. The zero-order valence-electron chi connectivity index (χ0n) is 15.8. The predicted octanol–water partition coefficient (Wildman–Crippen LogP) is 5.05. The standard InChI is InChI=1S/C21H18F3N3O2/c1-11-3-5-13(6-4-11)20-15-10-27(12(2)7-18(15)26-29-20)21(28)25-14-8-16(22)19(24)17(23)9-14/h3-6,8-9,12H,7,10H2,1-2H3,(H,25,28). The minimum absolute atomic E-state index is 0.159. The average Bonchev–Trinajstić information content (AvgIpc) is 3.08. The maximum absolute atomic E-state index is 13.4. The van der Waals surface area contributed by atoms with E-state index in [0.29, 0.717) is 12.2 Å². The monoisotopic (exact) mass is 401 g/mol. The van der Waals surface area contributed by atoms with Gasteiger partial charge in [-0.05, 0) is 13.8 Å². The lowest BCUT2D eigenvalue weighted by molar-refractivity contribution is 0.182. The van der Waals surface area contributed by atoms with E-state index in [0.717, 1.165) is 34.5 Å². The molecule has 8 heteroatoms. The molecule has 1 N–H and O–H groups in total. The number of amides is 2. The fourth-order valence-corrected chi connectivity index (χ4v) is 3.41. The van der Waals surface area contributed by atoms with E-state index >= 15 is 0 Å². The molecule has 5 nitrogen and oxygen atoms in total. The second-order valence-corrected chi connectivity index (χ2v) is 7.17. The smallest absolute Gasteiger partial charge is 0.322 e. The Labute approximate surface area is 165 Å². The number of aromatic nitrogens is 1. The van der Waals surface area contributed by atoms with Crippen molar-refractivity contribution in [1.82, 2.24) is 10.1 Å². The molecule has 1 atom stereocenters. The lowest BCUT2D eigenvalue weighted by Crippen LogP contribution is -2.44. The van der Waals surface area contributed by atoms with Gasteiger partial charge in [0, 0.05) is 41.4 Å². The number of nitrogens with zero attached hydrogens (tertiary/aromatic N) is 2. The predicted molar refractivity (Wildman–Crippen MR) is 101 cm³/mol. The highest BCUT2D eigenvalue weighted by molar-refractivity contribution is 5.89. The van der Waals surface area contributed by atoms with Crippen molar-refractivity contribution in [3.05, 3.63) is 70.7 Å². The fourth-order valence-electron chi connectivity index (χ4n) is 3.41. The number of urea groups is 1. The molecule has 0 saturated carbocycles. The lowest BCUT2D eigenvalue weighted by atomic mass is 9.97. The molecule has 29 heavy (non-hydrogen) atoms. The molecule has 0 bridgehead atoms. The summed E-state index contributed by atoms with van der Waals surface area (Å²) in [7, 11) is 0. The van der Waals surface area contributed by atoms with Gasteiger partial charge in [-0.1, -0.05) is 35.0 Å². The van der Waals surface area contributed by atoms with Crippen molar-refractivity contribution >= 4 is 11.7 Å². The van der Waals surface area contributed by atoms with Crippen molar-refractivity contribution in [2.24, 2.45) is 0 Å². The van der Waals surface area contributed by atoms with Crippen LogP contribution in [0.15, 0.2) is 40.9 Å². The first kappa shape index (κ1) is 19.0. The van der Waals surface area contributed by atoms with Crippen LogP contribution in [0, 0.1) is 24.4 Å². The molecule has 150 valence electrons. The molecule has 0 radical (unpaired) electrons. The van der Waals surface area contributed by atoms with Crippen molar-refractivity contribution in [3.63, 3.8) is 0 Å². The number of nitrogens with one attached hydrogen (secondary N) is 1. The molecule has 0 spiro atoms. The van der Waals surface area contributed by atoms with Crippen LogP contribution in [-0.4, -0.2) is 22.1 Å². The number of fused-ring (bicyclic) bond motifs is 1. The first-order chi connectivity index (χ1) is 13.8. The molecule has 0 fully saturated rings. The molecule has 1 aliphatic rings. The summed E-state index contributed by atoms with van der Waals surface area (Å²) in [5.41, 5.74) is 3.36. The molecule has 0 aliphatic carbocycles. The number of aryl methyl sites for hydroxylation is 1. The Balaban J connectivity index is 1.59. The Bertz CT molecular complexity index is 1060. The van der Waals surface area contributed by atoms with Crippen LogP contribution in [0.3, 0.4) is 0 Å². The van der Waals surface area contributed by atoms with Gasteiger partial charge in [-0.15, -0.1) is 0 Å². The molecule has 1 unspecified atom stereocenters. The molecule has 1 aromatic heterocycles. The maximum atomic E-state index is 13.4. The average molecular weight is 401 g/mol. The van der Waals surface area contributed by atoms with E-state index in [-0.39, 0.29) is 18.3 Å². The summed E-state index contributed by atoms with van der Waals surface area (Å²) < 4.78 is 45.5. The summed E-state index contributed by atoms with van der Waals surface area (Å²) in [4.78, 5) is 14.3. The van der Waals surface area contributed by atoms with Crippen molar-refractivity contribution in [1.29, 1.82) is 0 Å². The van der Waals surface area contributed by atoms with E-state index < -0.39 is 23.5 Å². The fraction of sp³-hybridized carbons (Fsp3) is 0.238. The number of rotatable bonds is 2. The van der Waals surface area contributed by atoms with Gasteiger partial charge in [0.25, 0.3) is 0 Å². The molecular formula is C21H18F3N3O2. The summed E-state index contributed by atoms with van der Waals surface area (Å²) in [5.74, 6) is -3.72. The number of anilines is 1. The molecule has 4 rings (SSSR count). The van der Waals surface area contributed by atoms with Crippen molar-refractivity contribution in [3.8, 4) is 11.3 Å². The van der Waals surface area contributed by atoms with Crippen LogP contribution in [0.1, 0.15) is 23.7 Å². The Kier molecular flexibility index (Phi) is 4.77. The summed E-state index contributed by atoms with van der Waals surface area (Å²) >= 11 is 0. The molecule has 2 amide bonds. The third-order valence-corrected chi connectivity index (χ3v) is 5.03. The van der Waals surface area contributed by atoms with Gasteiger partial charge < -0.3 is 14.7 Å².